The molecule has 8 heteroatoms. The normalized spacial score (nSPS) is 17.3. The van der Waals surface area contributed by atoms with Crippen LogP contribution in [0, 0.1) is 6.92 Å². The molecule has 0 saturated carbocycles. The van der Waals surface area contributed by atoms with Crippen LogP contribution in [0.3, 0.4) is 0 Å². The molecule has 1 atom stereocenters. The third-order valence-electron chi connectivity index (χ3n) is 4.36. The van der Waals surface area contributed by atoms with Gasteiger partial charge in [-0.05, 0) is 13.3 Å². The summed E-state index contributed by atoms with van der Waals surface area (Å²) in [5.74, 6) is 0.700. The molecule has 1 unspecified atom stereocenters. The molecule has 0 aromatic carbocycles. The second kappa shape index (κ2) is 6.46. The standard InChI is InChI=1S/C16H22N6O2/c1-11-7-17-10-22(11)9-15(24)21-5-4-12(8-21)13-6-14(23)19-16(18-13)20(2)3/h6-7,10,12H,4-5,8-9H2,1-3H3,(H,18,19,23). The maximum Gasteiger partial charge on any atom is 0.252 e. The van der Waals surface area contributed by atoms with Crippen LogP contribution in [-0.2, 0) is 11.3 Å². The molecule has 128 valence electrons. The predicted octanol–water partition coefficient (Wildman–Crippen LogP) is 0.357. The molecule has 1 N–H and O–H groups in total. The first-order valence-corrected chi connectivity index (χ1v) is 7.97. The van der Waals surface area contributed by atoms with E-state index in [4.69, 9.17) is 0 Å². The molecule has 24 heavy (non-hydrogen) atoms. The summed E-state index contributed by atoms with van der Waals surface area (Å²) in [5, 5.41) is 0. The molecule has 0 bridgehead atoms. The quantitative estimate of drug-likeness (QED) is 0.874. The SMILES string of the molecule is Cc1cncn1CC(=O)N1CCC(c2cc(=O)[nH]c(N(C)C)n2)C1. The number of nitrogens with one attached hydrogen (secondary N) is 1. The summed E-state index contributed by atoms with van der Waals surface area (Å²) in [5.41, 5.74) is 1.55. The Morgan fingerprint density at radius 2 is 2.25 bits per heavy atom. The molecule has 1 fully saturated rings. The zero-order valence-electron chi connectivity index (χ0n) is 14.2. The Labute approximate surface area is 140 Å². The number of rotatable bonds is 4. The molecule has 2 aromatic heterocycles. The minimum Gasteiger partial charge on any atom is -0.348 e. The number of anilines is 1. The lowest BCUT2D eigenvalue weighted by Gasteiger charge is -2.18. The number of aryl methyl sites for hydroxylation is 1. The number of aromatic amines is 1. The topological polar surface area (TPSA) is 87.1 Å². The van der Waals surface area contributed by atoms with Crippen LogP contribution in [0.2, 0.25) is 0 Å². The average molecular weight is 330 g/mol. The van der Waals surface area contributed by atoms with E-state index < -0.39 is 0 Å². The van der Waals surface area contributed by atoms with Gasteiger partial charge in [0.1, 0.15) is 6.54 Å². The van der Waals surface area contributed by atoms with Gasteiger partial charge < -0.3 is 14.4 Å². The fourth-order valence-electron chi connectivity index (χ4n) is 2.91. The summed E-state index contributed by atoms with van der Waals surface area (Å²) in [6.07, 6.45) is 4.23. The van der Waals surface area contributed by atoms with E-state index in [1.807, 2.05) is 30.5 Å². The van der Waals surface area contributed by atoms with Crippen LogP contribution in [0.25, 0.3) is 0 Å². The fourth-order valence-corrected chi connectivity index (χ4v) is 2.91. The number of hydrogen-bond acceptors (Lipinski definition) is 5. The van der Waals surface area contributed by atoms with E-state index in [0.29, 0.717) is 25.6 Å². The third kappa shape index (κ3) is 3.32. The highest BCUT2D eigenvalue weighted by Gasteiger charge is 2.29. The van der Waals surface area contributed by atoms with Gasteiger partial charge in [-0.15, -0.1) is 0 Å². The molecule has 1 aliphatic heterocycles. The smallest absolute Gasteiger partial charge is 0.252 e. The number of aromatic nitrogens is 4. The number of amides is 1. The van der Waals surface area contributed by atoms with Gasteiger partial charge in [0.15, 0.2) is 0 Å². The molecular weight excluding hydrogens is 308 g/mol. The lowest BCUT2D eigenvalue weighted by atomic mass is 10.1. The van der Waals surface area contributed by atoms with Crippen molar-refractivity contribution >= 4 is 11.9 Å². The Morgan fingerprint density at radius 3 is 2.92 bits per heavy atom. The zero-order valence-corrected chi connectivity index (χ0v) is 14.2. The molecule has 0 radical (unpaired) electrons. The van der Waals surface area contributed by atoms with Crippen molar-refractivity contribution in [2.75, 3.05) is 32.1 Å². The van der Waals surface area contributed by atoms with Gasteiger partial charge in [-0.2, -0.15) is 0 Å². The second-order valence-corrected chi connectivity index (χ2v) is 6.38. The predicted molar refractivity (Wildman–Crippen MR) is 90.1 cm³/mol. The molecule has 1 saturated heterocycles. The molecule has 3 heterocycles. The summed E-state index contributed by atoms with van der Waals surface area (Å²) in [7, 11) is 3.67. The van der Waals surface area contributed by atoms with E-state index in [-0.39, 0.29) is 17.4 Å². The zero-order chi connectivity index (χ0) is 17.3. The van der Waals surface area contributed by atoms with E-state index in [1.54, 1.807) is 17.4 Å². The number of H-pyrrole nitrogens is 1. The van der Waals surface area contributed by atoms with Gasteiger partial charge in [0.25, 0.3) is 5.56 Å². The summed E-state index contributed by atoms with van der Waals surface area (Å²) < 4.78 is 1.84. The van der Waals surface area contributed by atoms with Gasteiger partial charge in [-0.1, -0.05) is 0 Å². The van der Waals surface area contributed by atoms with Gasteiger partial charge in [0, 0.05) is 51.1 Å². The van der Waals surface area contributed by atoms with Crippen LogP contribution >= 0.6 is 0 Å². The van der Waals surface area contributed by atoms with Gasteiger partial charge in [-0.3, -0.25) is 14.6 Å². The third-order valence-corrected chi connectivity index (χ3v) is 4.36. The van der Waals surface area contributed by atoms with Crippen LogP contribution in [0.5, 0.6) is 0 Å². The van der Waals surface area contributed by atoms with Crippen LogP contribution in [0.15, 0.2) is 23.4 Å². The van der Waals surface area contributed by atoms with Crippen LogP contribution in [-0.4, -0.2) is 57.5 Å². The summed E-state index contributed by atoms with van der Waals surface area (Å²) >= 11 is 0. The van der Waals surface area contributed by atoms with Gasteiger partial charge in [0.05, 0.1) is 12.0 Å². The molecule has 2 aromatic rings. The summed E-state index contributed by atoms with van der Waals surface area (Å²) in [6.45, 7) is 3.50. The highest BCUT2D eigenvalue weighted by atomic mass is 16.2. The Morgan fingerprint density at radius 1 is 1.46 bits per heavy atom. The maximum absolute atomic E-state index is 12.5. The number of carbonyl (C=O) groups is 1. The van der Waals surface area contributed by atoms with Crippen molar-refractivity contribution in [2.45, 2.75) is 25.8 Å². The van der Waals surface area contributed by atoms with E-state index in [0.717, 1.165) is 17.8 Å². The highest BCUT2D eigenvalue weighted by Crippen LogP contribution is 2.26. The largest absolute Gasteiger partial charge is 0.348 e. The average Bonchev–Trinajstić information content (AvgIpc) is 3.16. The number of likely N-dealkylation sites (tertiary alicyclic amines) is 1. The second-order valence-electron chi connectivity index (χ2n) is 6.38. The highest BCUT2D eigenvalue weighted by molar-refractivity contribution is 5.76. The van der Waals surface area contributed by atoms with Crippen LogP contribution < -0.4 is 10.5 Å². The van der Waals surface area contributed by atoms with Crippen molar-refractivity contribution in [2.24, 2.45) is 0 Å². The fraction of sp³-hybridized carbons (Fsp3) is 0.500. The Bertz CT molecular complexity index is 794. The number of nitrogens with zero attached hydrogens (tertiary/aromatic N) is 5. The van der Waals surface area contributed by atoms with Crippen molar-refractivity contribution in [3.63, 3.8) is 0 Å². The van der Waals surface area contributed by atoms with Crippen molar-refractivity contribution in [1.29, 1.82) is 0 Å². The minimum absolute atomic E-state index is 0.0660. The first-order valence-electron chi connectivity index (χ1n) is 7.97. The molecule has 1 aliphatic rings. The number of imidazole rings is 1. The van der Waals surface area contributed by atoms with E-state index in [9.17, 15) is 9.59 Å². The first-order chi connectivity index (χ1) is 11.4. The molecular formula is C16H22N6O2. The van der Waals surface area contributed by atoms with Crippen LogP contribution in [0.4, 0.5) is 5.95 Å². The number of hydrogen-bond donors (Lipinski definition) is 1. The van der Waals surface area contributed by atoms with Crippen molar-refractivity contribution in [3.05, 3.63) is 40.3 Å². The molecule has 8 nitrogen and oxygen atoms in total. The van der Waals surface area contributed by atoms with E-state index in [2.05, 4.69) is 15.0 Å². The van der Waals surface area contributed by atoms with Gasteiger partial charge >= 0.3 is 0 Å². The van der Waals surface area contributed by atoms with Gasteiger partial charge in [-0.25, -0.2) is 9.97 Å². The minimum atomic E-state index is -0.164. The molecule has 0 aliphatic carbocycles. The van der Waals surface area contributed by atoms with E-state index in [1.165, 1.54) is 6.07 Å². The Hall–Kier alpha value is -2.64. The van der Waals surface area contributed by atoms with Gasteiger partial charge in [0.2, 0.25) is 11.9 Å². The summed E-state index contributed by atoms with van der Waals surface area (Å²) in [6, 6.07) is 1.53. The lowest BCUT2D eigenvalue weighted by Crippen LogP contribution is -2.32. The Balaban J connectivity index is 1.70. The monoisotopic (exact) mass is 330 g/mol. The Kier molecular flexibility index (Phi) is 4.37. The molecule has 3 rings (SSSR count). The lowest BCUT2D eigenvalue weighted by molar-refractivity contribution is -0.130. The summed E-state index contributed by atoms with van der Waals surface area (Å²) in [4.78, 5) is 39.2. The van der Waals surface area contributed by atoms with Crippen molar-refractivity contribution in [1.82, 2.24) is 24.4 Å². The maximum atomic E-state index is 12.5. The molecule has 0 spiro atoms. The van der Waals surface area contributed by atoms with Crippen LogP contribution in [0.1, 0.15) is 23.7 Å². The molecule has 1 amide bonds. The van der Waals surface area contributed by atoms with Crippen molar-refractivity contribution < 1.29 is 4.79 Å². The van der Waals surface area contributed by atoms with E-state index >= 15 is 0 Å². The first kappa shape index (κ1) is 16.2. The van der Waals surface area contributed by atoms with Crippen molar-refractivity contribution in [3.8, 4) is 0 Å². The number of carbonyl (C=O) groups excluding carboxylic acids is 1.